The summed E-state index contributed by atoms with van der Waals surface area (Å²) >= 11 is 0. The highest BCUT2D eigenvalue weighted by Crippen LogP contribution is 2.31. The van der Waals surface area contributed by atoms with E-state index in [1.165, 1.54) is 25.0 Å². The van der Waals surface area contributed by atoms with Gasteiger partial charge >= 0.3 is 0 Å². The number of anilines is 1. The molecule has 0 unspecified atom stereocenters. The van der Waals surface area contributed by atoms with Crippen LogP contribution in [0.15, 0.2) is 18.3 Å². The van der Waals surface area contributed by atoms with Gasteiger partial charge in [0.1, 0.15) is 0 Å². The van der Waals surface area contributed by atoms with Crippen LogP contribution in [-0.4, -0.2) is 54.3 Å². The lowest BCUT2D eigenvalue weighted by Crippen LogP contribution is -2.48. The molecule has 3 rings (SSSR count). The summed E-state index contributed by atoms with van der Waals surface area (Å²) in [6.45, 7) is 2.20. The van der Waals surface area contributed by atoms with Gasteiger partial charge in [0.25, 0.3) is 0 Å². The molecule has 1 aliphatic carbocycles. The molecular formula is C18H29N3O. The van der Waals surface area contributed by atoms with E-state index in [1.54, 1.807) is 0 Å². The third-order valence-electron chi connectivity index (χ3n) is 5.40. The molecule has 22 heavy (non-hydrogen) atoms. The van der Waals surface area contributed by atoms with Gasteiger partial charge in [0.2, 0.25) is 0 Å². The number of hydrogen-bond donors (Lipinski definition) is 1. The normalized spacial score (nSPS) is 27.8. The standard InChI is InChI=1S/C18H29N3O/c1-20(2)15-7-8-16(19-13-15)14-9-11-21(12-10-14)17-5-3-4-6-18(17)22/h7-8,13-14,17-18,22H,3-6,9-12H2,1-2H3/t17-,18+/m0/s1. The fourth-order valence-corrected chi connectivity index (χ4v) is 3.95. The summed E-state index contributed by atoms with van der Waals surface area (Å²) in [4.78, 5) is 9.28. The van der Waals surface area contributed by atoms with Crippen molar-refractivity contribution in [2.24, 2.45) is 0 Å². The van der Waals surface area contributed by atoms with Crippen LogP contribution in [0.3, 0.4) is 0 Å². The predicted molar refractivity (Wildman–Crippen MR) is 90.4 cm³/mol. The SMILES string of the molecule is CN(C)c1ccc(C2CCN([C@H]3CCCC[C@H]3O)CC2)nc1. The Morgan fingerprint density at radius 2 is 1.82 bits per heavy atom. The maximum Gasteiger partial charge on any atom is 0.0695 e. The number of aliphatic hydroxyl groups is 1. The first kappa shape index (κ1) is 15.8. The summed E-state index contributed by atoms with van der Waals surface area (Å²) < 4.78 is 0. The highest BCUT2D eigenvalue weighted by Gasteiger charge is 2.31. The number of hydrogen-bond acceptors (Lipinski definition) is 4. The van der Waals surface area contributed by atoms with Crippen LogP contribution in [0.4, 0.5) is 5.69 Å². The summed E-state index contributed by atoms with van der Waals surface area (Å²) in [7, 11) is 4.09. The Bertz CT molecular complexity index is 466. The number of pyridine rings is 1. The van der Waals surface area contributed by atoms with E-state index in [2.05, 4.69) is 26.9 Å². The Morgan fingerprint density at radius 1 is 1.09 bits per heavy atom. The van der Waals surface area contributed by atoms with Gasteiger partial charge in [-0.1, -0.05) is 12.8 Å². The third-order valence-corrected chi connectivity index (χ3v) is 5.40. The maximum absolute atomic E-state index is 10.2. The van der Waals surface area contributed by atoms with Crippen LogP contribution >= 0.6 is 0 Å². The monoisotopic (exact) mass is 303 g/mol. The van der Waals surface area contributed by atoms with Crippen molar-refractivity contribution in [1.82, 2.24) is 9.88 Å². The van der Waals surface area contributed by atoms with Gasteiger partial charge in [-0.05, 0) is 50.9 Å². The Hall–Kier alpha value is -1.13. The first-order valence-electron chi connectivity index (χ1n) is 8.70. The predicted octanol–water partition coefficient (Wildman–Crippen LogP) is 2.63. The Morgan fingerprint density at radius 3 is 2.41 bits per heavy atom. The minimum Gasteiger partial charge on any atom is -0.391 e. The van der Waals surface area contributed by atoms with Gasteiger partial charge < -0.3 is 10.0 Å². The molecule has 2 heterocycles. The number of aliphatic hydroxyl groups excluding tert-OH is 1. The summed E-state index contributed by atoms with van der Waals surface area (Å²) in [5, 5.41) is 10.2. The van der Waals surface area contributed by atoms with Crippen LogP contribution < -0.4 is 4.90 Å². The molecule has 1 aliphatic heterocycles. The molecule has 1 N–H and O–H groups in total. The maximum atomic E-state index is 10.2. The summed E-state index contributed by atoms with van der Waals surface area (Å²) in [5.41, 5.74) is 2.39. The number of likely N-dealkylation sites (tertiary alicyclic amines) is 1. The van der Waals surface area contributed by atoms with Crippen molar-refractivity contribution in [3.8, 4) is 0 Å². The molecular weight excluding hydrogens is 274 g/mol. The smallest absolute Gasteiger partial charge is 0.0695 e. The second-order valence-corrected chi connectivity index (χ2v) is 7.07. The van der Waals surface area contributed by atoms with Gasteiger partial charge in [0.05, 0.1) is 18.0 Å². The van der Waals surface area contributed by atoms with Crippen molar-refractivity contribution in [2.45, 2.75) is 56.6 Å². The first-order chi connectivity index (χ1) is 10.6. The molecule has 1 aromatic rings. The highest BCUT2D eigenvalue weighted by molar-refractivity contribution is 5.42. The van der Waals surface area contributed by atoms with Crippen LogP contribution in [-0.2, 0) is 0 Å². The molecule has 2 atom stereocenters. The summed E-state index contributed by atoms with van der Waals surface area (Å²) in [6.07, 6.45) is 8.81. The van der Waals surface area contributed by atoms with Crippen molar-refractivity contribution in [3.63, 3.8) is 0 Å². The number of rotatable bonds is 3. The van der Waals surface area contributed by atoms with Crippen LogP contribution in [0, 0.1) is 0 Å². The van der Waals surface area contributed by atoms with E-state index in [4.69, 9.17) is 0 Å². The minimum absolute atomic E-state index is 0.109. The molecule has 122 valence electrons. The van der Waals surface area contributed by atoms with Gasteiger partial charge in [0, 0.05) is 31.7 Å². The fraction of sp³-hybridized carbons (Fsp3) is 0.722. The highest BCUT2D eigenvalue weighted by atomic mass is 16.3. The van der Waals surface area contributed by atoms with E-state index in [1.807, 2.05) is 20.3 Å². The molecule has 1 aromatic heterocycles. The Balaban J connectivity index is 1.57. The Labute approximate surface area is 134 Å². The average molecular weight is 303 g/mol. The second kappa shape index (κ2) is 6.97. The summed E-state index contributed by atoms with van der Waals surface area (Å²) in [6, 6.07) is 4.75. The van der Waals surface area contributed by atoms with Gasteiger partial charge in [0.15, 0.2) is 0 Å². The number of nitrogens with zero attached hydrogens (tertiary/aromatic N) is 3. The topological polar surface area (TPSA) is 39.6 Å². The van der Waals surface area contributed by atoms with Crippen LogP contribution in [0.2, 0.25) is 0 Å². The lowest BCUT2D eigenvalue weighted by molar-refractivity contribution is 0.00853. The molecule has 4 nitrogen and oxygen atoms in total. The van der Waals surface area contributed by atoms with Gasteiger partial charge in [-0.15, -0.1) is 0 Å². The quantitative estimate of drug-likeness (QED) is 0.932. The average Bonchev–Trinajstić information content (AvgIpc) is 2.56. The molecule has 2 aliphatic rings. The molecule has 1 saturated heterocycles. The van der Waals surface area contributed by atoms with Crippen LogP contribution in [0.25, 0.3) is 0 Å². The van der Waals surface area contributed by atoms with Crippen molar-refractivity contribution in [3.05, 3.63) is 24.0 Å². The zero-order valence-corrected chi connectivity index (χ0v) is 13.9. The lowest BCUT2D eigenvalue weighted by Gasteiger charge is -2.41. The van der Waals surface area contributed by atoms with E-state index < -0.39 is 0 Å². The van der Waals surface area contributed by atoms with E-state index >= 15 is 0 Å². The Kier molecular flexibility index (Phi) is 4.99. The molecule has 1 saturated carbocycles. The van der Waals surface area contributed by atoms with Crippen molar-refractivity contribution in [2.75, 3.05) is 32.1 Å². The summed E-state index contributed by atoms with van der Waals surface area (Å²) in [5.74, 6) is 0.577. The molecule has 0 amide bonds. The van der Waals surface area contributed by atoms with Crippen LogP contribution in [0.5, 0.6) is 0 Å². The molecule has 2 fully saturated rings. The molecule has 0 aromatic carbocycles. The third kappa shape index (κ3) is 3.44. The molecule has 0 bridgehead atoms. The zero-order valence-electron chi connectivity index (χ0n) is 13.9. The molecule has 4 heteroatoms. The lowest BCUT2D eigenvalue weighted by atomic mass is 9.87. The zero-order chi connectivity index (χ0) is 15.5. The number of aromatic nitrogens is 1. The fourth-order valence-electron chi connectivity index (χ4n) is 3.95. The largest absolute Gasteiger partial charge is 0.391 e. The number of piperidine rings is 1. The van der Waals surface area contributed by atoms with Gasteiger partial charge in [-0.25, -0.2) is 0 Å². The molecule has 0 radical (unpaired) electrons. The van der Waals surface area contributed by atoms with E-state index in [9.17, 15) is 5.11 Å². The van der Waals surface area contributed by atoms with Crippen molar-refractivity contribution < 1.29 is 5.11 Å². The first-order valence-corrected chi connectivity index (χ1v) is 8.70. The molecule has 0 spiro atoms. The van der Waals surface area contributed by atoms with Crippen LogP contribution in [0.1, 0.15) is 50.1 Å². The van der Waals surface area contributed by atoms with Gasteiger partial charge in [-0.2, -0.15) is 0 Å². The van der Waals surface area contributed by atoms with E-state index in [0.29, 0.717) is 12.0 Å². The van der Waals surface area contributed by atoms with E-state index in [0.717, 1.165) is 38.0 Å². The van der Waals surface area contributed by atoms with Crippen molar-refractivity contribution in [1.29, 1.82) is 0 Å². The second-order valence-electron chi connectivity index (χ2n) is 7.07. The van der Waals surface area contributed by atoms with Gasteiger partial charge in [-0.3, -0.25) is 9.88 Å². The minimum atomic E-state index is -0.109. The van der Waals surface area contributed by atoms with Crippen molar-refractivity contribution >= 4 is 5.69 Å². The van der Waals surface area contributed by atoms with E-state index in [-0.39, 0.29) is 6.10 Å².